The molecule has 0 saturated carbocycles. The molecule has 0 aliphatic rings. The maximum Gasteiger partial charge on any atom is 0.224 e. The Morgan fingerprint density at radius 1 is 1.04 bits per heavy atom. The van der Waals surface area contributed by atoms with Crippen LogP contribution in [0.2, 0.25) is 0 Å². The number of aromatic nitrogens is 2. The van der Waals surface area contributed by atoms with Crippen molar-refractivity contribution in [3.8, 4) is 0 Å². The van der Waals surface area contributed by atoms with E-state index in [4.69, 9.17) is 0 Å². The number of anilines is 3. The molecule has 0 amide bonds. The maximum atomic E-state index is 4.59. The van der Waals surface area contributed by atoms with E-state index in [1.54, 1.807) is 6.20 Å². The van der Waals surface area contributed by atoms with Gasteiger partial charge in [-0.3, -0.25) is 0 Å². The average molecular weight is 327 g/mol. The Bertz CT molecular complexity index is 617. The quantitative estimate of drug-likeness (QED) is 0.688. The van der Waals surface area contributed by atoms with Crippen LogP contribution in [0.25, 0.3) is 0 Å². The predicted octanol–water partition coefficient (Wildman–Crippen LogP) is 3.71. The highest BCUT2D eigenvalue weighted by atomic mass is 15.1. The molecular weight excluding hydrogens is 298 g/mol. The largest absolute Gasteiger partial charge is 0.354 e. The van der Waals surface area contributed by atoms with Crippen LogP contribution in [0.1, 0.15) is 31.4 Å². The smallest absolute Gasteiger partial charge is 0.224 e. The van der Waals surface area contributed by atoms with E-state index < -0.39 is 0 Å². The summed E-state index contributed by atoms with van der Waals surface area (Å²) >= 11 is 0. The Morgan fingerprint density at radius 2 is 1.75 bits per heavy atom. The van der Waals surface area contributed by atoms with Crippen molar-refractivity contribution in [1.82, 2.24) is 14.9 Å². The number of nitrogens with zero attached hydrogens (tertiary/aromatic N) is 3. The molecule has 1 heterocycles. The fourth-order valence-corrected chi connectivity index (χ4v) is 2.64. The molecule has 0 bridgehead atoms. The Hall–Kier alpha value is -2.14. The lowest BCUT2D eigenvalue weighted by Gasteiger charge is -2.15. The fourth-order valence-electron chi connectivity index (χ4n) is 2.64. The van der Waals surface area contributed by atoms with E-state index in [1.807, 2.05) is 6.07 Å². The first-order valence-electron chi connectivity index (χ1n) is 8.73. The molecule has 0 aliphatic carbocycles. The Balaban J connectivity index is 2.07. The Labute approximate surface area is 145 Å². The highest BCUT2D eigenvalue weighted by molar-refractivity contribution is 5.65. The van der Waals surface area contributed by atoms with Crippen LogP contribution in [0, 0.1) is 0 Å². The molecule has 0 fully saturated rings. The summed E-state index contributed by atoms with van der Waals surface area (Å²) in [4.78, 5) is 11.1. The second kappa shape index (κ2) is 9.23. The zero-order valence-corrected chi connectivity index (χ0v) is 15.3. The van der Waals surface area contributed by atoms with Crippen LogP contribution in [0.5, 0.6) is 0 Å². The van der Waals surface area contributed by atoms with Crippen LogP contribution in [0.3, 0.4) is 0 Å². The Morgan fingerprint density at radius 3 is 2.38 bits per heavy atom. The Kier molecular flexibility index (Phi) is 7.00. The molecule has 0 aliphatic heterocycles. The second-order valence-electron chi connectivity index (χ2n) is 6.13. The first kappa shape index (κ1) is 18.2. The van der Waals surface area contributed by atoms with Gasteiger partial charge in [-0.2, -0.15) is 4.98 Å². The van der Waals surface area contributed by atoms with Crippen LogP contribution < -0.4 is 10.6 Å². The summed E-state index contributed by atoms with van der Waals surface area (Å²) in [5, 5.41) is 6.79. The molecule has 5 nitrogen and oxygen atoms in total. The zero-order chi connectivity index (χ0) is 17.4. The summed E-state index contributed by atoms with van der Waals surface area (Å²) < 4.78 is 0. The molecule has 2 aromatic rings. The van der Waals surface area contributed by atoms with Crippen molar-refractivity contribution in [2.24, 2.45) is 0 Å². The second-order valence-corrected chi connectivity index (χ2v) is 6.13. The minimum absolute atomic E-state index is 0.672. The van der Waals surface area contributed by atoms with Gasteiger partial charge < -0.3 is 15.5 Å². The SMILES string of the molecule is CCc1cccc(CC)c1Nc1ccnc(NCCCN(C)C)n1. The molecule has 130 valence electrons. The highest BCUT2D eigenvalue weighted by Gasteiger charge is 2.08. The van der Waals surface area contributed by atoms with Gasteiger partial charge in [0.2, 0.25) is 5.95 Å². The predicted molar refractivity (Wildman–Crippen MR) is 102 cm³/mol. The van der Waals surface area contributed by atoms with Crippen molar-refractivity contribution < 1.29 is 0 Å². The molecule has 2 N–H and O–H groups in total. The monoisotopic (exact) mass is 327 g/mol. The number of hydrogen-bond acceptors (Lipinski definition) is 5. The summed E-state index contributed by atoms with van der Waals surface area (Å²) in [6, 6.07) is 8.38. The first-order valence-corrected chi connectivity index (χ1v) is 8.73. The fraction of sp³-hybridized carbons (Fsp3) is 0.474. The summed E-state index contributed by atoms with van der Waals surface area (Å²) in [6.07, 6.45) is 4.85. The molecule has 1 aromatic heterocycles. The number of benzene rings is 1. The molecule has 0 unspecified atom stereocenters. The first-order chi connectivity index (χ1) is 11.6. The van der Waals surface area contributed by atoms with Crippen LogP contribution in [0.15, 0.2) is 30.5 Å². The van der Waals surface area contributed by atoms with Gasteiger partial charge in [0, 0.05) is 18.4 Å². The van der Waals surface area contributed by atoms with Gasteiger partial charge in [-0.15, -0.1) is 0 Å². The number of rotatable bonds is 9. The third-order valence-electron chi connectivity index (χ3n) is 3.97. The van der Waals surface area contributed by atoms with E-state index in [2.05, 4.69) is 71.6 Å². The van der Waals surface area contributed by atoms with Gasteiger partial charge in [0.05, 0.1) is 0 Å². The van der Waals surface area contributed by atoms with Gasteiger partial charge in [-0.1, -0.05) is 32.0 Å². The van der Waals surface area contributed by atoms with Crippen molar-refractivity contribution in [3.05, 3.63) is 41.6 Å². The summed E-state index contributed by atoms with van der Waals surface area (Å²) in [7, 11) is 4.16. The number of para-hydroxylation sites is 1. The lowest BCUT2D eigenvalue weighted by molar-refractivity contribution is 0.405. The number of nitrogens with one attached hydrogen (secondary N) is 2. The molecule has 0 spiro atoms. The number of hydrogen-bond donors (Lipinski definition) is 2. The van der Waals surface area contributed by atoms with E-state index in [1.165, 1.54) is 16.8 Å². The van der Waals surface area contributed by atoms with E-state index >= 15 is 0 Å². The maximum absolute atomic E-state index is 4.59. The van der Waals surface area contributed by atoms with Crippen LogP contribution in [-0.2, 0) is 12.8 Å². The lowest BCUT2D eigenvalue weighted by Crippen LogP contribution is -2.17. The minimum Gasteiger partial charge on any atom is -0.354 e. The van der Waals surface area contributed by atoms with E-state index in [-0.39, 0.29) is 0 Å². The normalized spacial score (nSPS) is 10.9. The van der Waals surface area contributed by atoms with Gasteiger partial charge in [-0.25, -0.2) is 4.98 Å². The van der Waals surface area contributed by atoms with E-state index in [9.17, 15) is 0 Å². The van der Waals surface area contributed by atoms with E-state index in [0.29, 0.717) is 5.95 Å². The van der Waals surface area contributed by atoms with Gasteiger partial charge in [0.1, 0.15) is 5.82 Å². The summed E-state index contributed by atoms with van der Waals surface area (Å²) in [5.74, 6) is 1.50. The molecule has 2 rings (SSSR count). The topological polar surface area (TPSA) is 53.1 Å². The highest BCUT2D eigenvalue weighted by Crippen LogP contribution is 2.25. The lowest BCUT2D eigenvalue weighted by atomic mass is 10.0. The molecule has 0 radical (unpaired) electrons. The van der Waals surface area contributed by atoms with Crippen molar-refractivity contribution >= 4 is 17.5 Å². The standard InChI is InChI=1S/C19H29N5/c1-5-15-9-7-10-16(6-2)18(15)22-17-11-13-21-19(23-17)20-12-8-14-24(3)4/h7,9-11,13H,5-6,8,12,14H2,1-4H3,(H2,20,21,22,23). The molecule has 0 atom stereocenters. The molecule has 5 heteroatoms. The third-order valence-corrected chi connectivity index (χ3v) is 3.97. The molecule has 24 heavy (non-hydrogen) atoms. The number of aryl methyl sites for hydroxylation is 2. The van der Waals surface area contributed by atoms with Crippen molar-refractivity contribution in [2.75, 3.05) is 37.8 Å². The molecular formula is C19H29N5. The van der Waals surface area contributed by atoms with Gasteiger partial charge in [-0.05, 0) is 57.1 Å². The van der Waals surface area contributed by atoms with Gasteiger partial charge in [0.25, 0.3) is 0 Å². The van der Waals surface area contributed by atoms with Crippen LogP contribution >= 0.6 is 0 Å². The zero-order valence-electron chi connectivity index (χ0n) is 15.3. The third kappa shape index (κ3) is 5.20. The van der Waals surface area contributed by atoms with Crippen molar-refractivity contribution in [2.45, 2.75) is 33.1 Å². The van der Waals surface area contributed by atoms with Crippen LogP contribution in [0.4, 0.5) is 17.5 Å². The van der Waals surface area contributed by atoms with Gasteiger partial charge in [0.15, 0.2) is 0 Å². The molecule has 0 saturated heterocycles. The van der Waals surface area contributed by atoms with E-state index in [0.717, 1.165) is 38.2 Å². The molecule has 1 aromatic carbocycles. The van der Waals surface area contributed by atoms with Crippen molar-refractivity contribution in [1.29, 1.82) is 0 Å². The summed E-state index contributed by atoms with van der Waals surface area (Å²) in [6.45, 7) is 6.28. The van der Waals surface area contributed by atoms with Gasteiger partial charge >= 0.3 is 0 Å². The minimum atomic E-state index is 0.672. The summed E-state index contributed by atoms with van der Waals surface area (Å²) in [5.41, 5.74) is 3.81. The average Bonchev–Trinajstić information content (AvgIpc) is 2.59. The van der Waals surface area contributed by atoms with Crippen LogP contribution in [-0.4, -0.2) is 42.1 Å². The van der Waals surface area contributed by atoms with Crippen molar-refractivity contribution in [3.63, 3.8) is 0 Å².